The average Bonchev–Trinajstić information content (AvgIpc) is 2.60. The van der Waals surface area contributed by atoms with Crippen molar-refractivity contribution in [2.24, 2.45) is 0 Å². The Balaban J connectivity index is 2.94. The molecule has 0 aliphatic heterocycles. The zero-order chi connectivity index (χ0) is 13.2. The van der Waals surface area contributed by atoms with E-state index in [-0.39, 0.29) is 15.8 Å². The molecule has 0 spiro atoms. The highest BCUT2D eigenvalue weighted by Crippen LogP contribution is 2.30. The molecule has 1 rings (SSSR count). The largest absolute Gasteiger partial charge is 0.511 e. The lowest BCUT2D eigenvalue weighted by molar-refractivity contribution is -0.144. The number of allylic oxidation sites excluding steroid dienone is 2. The molecule has 9 heteroatoms. The minimum Gasteiger partial charge on any atom is -0.511 e. The number of alkyl halides is 3. The Morgan fingerprint density at radius 3 is 2.35 bits per heavy atom. The van der Waals surface area contributed by atoms with Gasteiger partial charge in [-0.1, -0.05) is 0 Å². The summed E-state index contributed by atoms with van der Waals surface area (Å²) in [6.07, 6.45) is -4.62. The first kappa shape index (κ1) is 13.6. The lowest BCUT2D eigenvalue weighted by Crippen LogP contribution is -2.07. The number of nitrogens with one attached hydrogen (secondary N) is 1. The van der Waals surface area contributed by atoms with Gasteiger partial charge in [-0.05, 0) is 25.6 Å². The predicted molar refractivity (Wildman–Crippen MR) is 53.3 cm³/mol. The van der Waals surface area contributed by atoms with Crippen molar-refractivity contribution in [3.8, 4) is 0 Å². The molecule has 0 unspecified atom stereocenters. The van der Waals surface area contributed by atoms with E-state index in [2.05, 4.69) is 10.1 Å². The van der Waals surface area contributed by atoms with E-state index in [0.717, 1.165) is 0 Å². The summed E-state index contributed by atoms with van der Waals surface area (Å²) < 4.78 is 36.6. The Morgan fingerprint density at radius 1 is 1.41 bits per heavy atom. The number of ketones is 1. The molecule has 0 saturated carbocycles. The number of aromatic amines is 1. The quantitative estimate of drug-likeness (QED) is 0.499. The number of thioether (sulfide) groups is 1. The van der Waals surface area contributed by atoms with Crippen LogP contribution in [0.5, 0.6) is 0 Å². The molecule has 1 aromatic rings. The minimum atomic E-state index is -4.62. The fourth-order valence-corrected chi connectivity index (χ4v) is 1.61. The first-order valence-electron chi connectivity index (χ1n) is 4.30. The lowest BCUT2D eigenvalue weighted by Gasteiger charge is -2.01. The van der Waals surface area contributed by atoms with Crippen LogP contribution in [0.4, 0.5) is 13.2 Å². The number of carbonyl (C=O) groups is 1. The number of aromatic nitrogens is 3. The van der Waals surface area contributed by atoms with E-state index in [9.17, 15) is 18.0 Å². The van der Waals surface area contributed by atoms with Crippen LogP contribution in [0.3, 0.4) is 0 Å². The molecule has 0 amide bonds. The number of hydrogen-bond acceptors (Lipinski definition) is 5. The number of halogens is 3. The van der Waals surface area contributed by atoms with Crippen LogP contribution < -0.4 is 0 Å². The van der Waals surface area contributed by atoms with Gasteiger partial charge in [-0.25, -0.2) is 0 Å². The van der Waals surface area contributed by atoms with Gasteiger partial charge in [-0.15, -0.1) is 5.10 Å². The summed E-state index contributed by atoms with van der Waals surface area (Å²) in [4.78, 5) is 14.1. The molecule has 0 atom stereocenters. The Labute approximate surface area is 98.1 Å². The van der Waals surface area contributed by atoms with E-state index in [1.807, 2.05) is 0 Å². The maximum Gasteiger partial charge on any atom is 0.451 e. The molecule has 1 aromatic heterocycles. The van der Waals surface area contributed by atoms with E-state index in [1.54, 1.807) is 5.10 Å². The molecule has 0 aliphatic carbocycles. The number of H-pyrrole nitrogens is 1. The van der Waals surface area contributed by atoms with Crippen molar-refractivity contribution in [3.63, 3.8) is 0 Å². The summed E-state index contributed by atoms with van der Waals surface area (Å²) in [5, 5.41) is 13.9. The predicted octanol–water partition coefficient (Wildman–Crippen LogP) is 2.29. The number of rotatable bonds is 3. The third-order valence-electron chi connectivity index (χ3n) is 1.58. The Bertz CT molecular complexity index is 463. The molecule has 0 bridgehead atoms. The molecular formula is C8H8F3N3O2S. The molecule has 1 heterocycles. The smallest absolute Gasteiger partial charge is 0.451 e. The summed E-state index contributed by atoms with van der Waals surface area (Å²) in [6, 6.07) is 0. The van der Waals surface area contributed by atoms with Gasteiger partial charge in [-0.3, -0.25) is 9.89 Å². The Hall–Kier alpha value is -1.51. The van der Waals surface area contributed by atoms with Crippen LogP contribution in [-0.4, -0.2) is 26.1 Å². The van der Waals surface area contributed by atoms with Crippen LogP contribution in [0.2, 0.25) is 0 Å². The second-order valence-corrected chi connectivity index (χ2v) is 4.01. The Kier molecular flexibility index (Phi) is 3.81. The first-order valence-corrected chi connectivity index (χ1v) is 5.11. The van der Waals surface area contributed by atoms with E-state index < -0.39 is 17.8 Å². The van der Waals surface area contributed by atoms with Crippen LogP contribution in [0.25, 0.3) is 0 Å². The SMILES string of the molecule is CC(=O)/C(Sc1n[nH]c(C(F)(F)F)n1)=C(/C)O. The number of hydrogen-bond donors (Lipinski definition) is 2. The van der Waals surface area contributed by atoms with Gasteiger partial charge >= 0.3 is 6.18 Å². The van der Waals surface area contributed by atoms with Crippen molar-refractivity contribution in [2.75, 3.05) is 0 Å². The standard InChI is InChI=1S/C8H8F3N3O2S/c1-3(15)5(4(2)16)17-7-12-6(13-14-7)8(9,10)11/h15H,1-2H3,(H,12,13,14)/b5-3+. The Morgan fingerprint density at radius 2 is 2.00 bits per heavy atom. The fourth-order valence-electron chi connectivity index (χ4n) is 0.911. The first-order chi connectivity index (χ1) is 7.71. The zero-order valence-electron chi connectivity index (χ0n) is 8.79. The normalized spacial score (nSPS) is 13.5. The van der Waals surface area contributed by atoms with Crippen LogP contribution in [0.15, 0.2) is 15.8 Å². The second-order valence-electron chi connectivity index (χ2n) is 3.04. The summed E-state index contributed by atoms with van der Waals surface area (Å²) in [5.41, 5.74) is 0. The number of carbonyl (C=O) groups excluding carboxylic acids is 1. The average molecular weight is 267 g/mol. The molecule has 0 aromatic carbocycles. The summed E-state index contributed by atoms with van der Waals surface area (Å²) in [5.74, 6) is -2.02. The van der Waals surface area contributed by atoms with Crippen LogP contribution >= 0.6 is 11.8 Å². The van der Waals surface area contributed by atoms with Crippen molar-refractivity contribution in [1.82, 2.24) is 15.2 Å². The van der Waals surface area contributed by atoms with E-state index >= 15 is 0 Å². The molecule has 2 N–H and O–H groups in total. The topological polar surface area (TPSA) is 78.9 Å². The van der Waals surface area contributed by atoms with E-state index in [1.165, 1.54) is 13.8 Å². The lowest BCUT2D eigenvalue weighted by atomic mass is 10.4. The van der Waals surface area contributed by atoms with Crippen molar-refractivity contribution in [2.45, 2.75) is 25.2 Å². The molecule has 5 nitrogen and oxygen atoms in total. The molecular weight excluding hydrogens is 259 g/mol. The van der Waals surface area contributed by atoms with Crippen LogP contribution in [-0.2, 0) is 11.0 Å². The van der Waals surface area contributed by atoms with Crippen molar-refractivity contribution >= 4 is 17.5 Å². The van der Waals surface area contributed by atoms with Gasteiger partial charge in [0.05, 0.1) is 4.91 Å². The third kappa shape index (κ3) is 3.48. The van der Waals surface area contributed by atoms with E-state index in [4.69, 9.17) is 5.11 Å². The molecule has 0 aliphatic rings. The highest BCUT2D eigenvalue weighted by Gasteiger charge is 2.35. The fraction of sp³-hybridized carbons (Fsp3) is 0.375. The maximum absolute atomic E-state index is 12.2. The van der Waals surface area contributed by atoms with Gasteiger partial charge in [-0.2, -0.15) is 18.2 Å². The number of aliphatic hydroxyl groups excluding tert-OH is 1. The number of nitrogens with zero attached hydrogens (tertiary/aromatic N) is 2. The summed E-state index contributed by atoms with van der Waals surface area (Å²) in [7, 11) is 0. The van der Waals surface area contributed by atoms with Gasteiger partial charge in [0.15, 0.2) is 5.78 Å². The monoisotopic (exact) mass is 267 g/mol. The van der Waals surface area contributed by atoms with Gasteiger partial charge in [0.25, 0.3) is 0 Å². The van der Waals surface area contributed by atoms with Crippen molar-refractivity contribution in [3.05, 3.63) is 16.5 Å². The van der Waals surface area contributed by atoms with Gasteiger partial charge in [0.2, 0.25) is 11.0 Å². The van der Waals surface area contributed by atoms with Gasteiger partial charge in [0, 0.05) is 0 Å². The molecule has 17 heavy (non-hydrogen) atoms. The maximum atomic E-state index is 12.2. The van der Waals surface area contributed by atoms with Crippen molar-refractivity contribution < 1.29 is 23.1 Å². The number of Topliss-reactive ketones (excluding diaryl/α,β-unsaturated/α-hetero) is 1. The summed E-state index contributed by atoms with van der Waals surface area (Å²) in [6.45, 7) is 2.43. The molecule has 0 radical (unpaired) electrons. The highest BCUT2D eigenvalue weighted by atomic mass is 32.2. The third-order valence-corrected chi connectivity index (χ3v) is 2.73. The second kappa shape index (κ2) is 4.78. The number of aliphatic hydroxyl groups is 1. The summed E-state index contributed by atoms with van der Waals surface area (Å²) >= 11 is 0.568. The van der Waals surface area contributed by atoms with Gasteiger partial charge < -0.3 is 5.11 Å². The molecule has 0 saturated heterocycles. The molecule has 94 valence electrons. The molecule has 0 fully saturated rings. The van der Waals surface area contributed by atoms with Gasteiger partial charge in [0.1, 0.15) is 5.76 Å². The minimum absolute atomic E-state index is 0.0993. The zero-order valence-corrected chi connectivity index (χ0v) is 9.61. The highest BCUT2D eigenvalue weighted by molar-refractivity contribution is 8.03. The van der Waals surface area contributed by atoms with Crippen molar-refractivity contribution in [1.29, 1.82) is 0 Å². The van der Waals surface area contributed by atoms with Crippen LogP contribution in [0, 0.1) is 0 Å². The van der Waals surface area contributed by atoms with E-state index in [0.29, 0.717) is 11.8 Å². The van der Waals surface area contributed by atoms with Crippen LogP contribution in [0.1, 0.15) is 19.7 Å².